The van der Waals surface area contributed by atoms with Gasteiger partial charge in [0.1, 0.15) is 5.75 Å². The Kier molecular flexibility index (Phi) is 6.11. The average Bonchev–Trinajstić information content (AvgIpc) is 2.68. The summed E-state index contributed by atoms with van der Waals surface area (Å²) in [5.74, 6) is -0.507. The lowest BCUT2D eigenvalue weighted by atomic mass is 10.2. The quantitative estimate of drug-likeness (QED) is 0.312. The fourth-order valence-corrected chi connectivity index (χ4v) is 2.90. The summed E-state index contributed by atoms with van der Waals surface area (Å²) in [7, 11) is 0. The molecule has 146 valence electrons. The molecule has 29 heavy (non-hydrogen) atoms. The molecule has 0 spiro atoms. The molecule has 7 nitrogen and oxygen atoms in total. The number of carbonyl (C=O) groups is 1. The van der Waals surface area contributed by atoms with E-state index in [0.717, 1.165) is 0 Å². The Labute approximate surface area is 175 Å². The molecule has 0 aliphatic heterocycles. The molecule has 0 saturated carbocycles. The third kappa shape index (κ3) is 5.10. The van der Waals surface area contributed by atoms with Gasteiger partial charge in [-0.05, 0) is 48.5 Å². The molecule has 1 amide bonds. The number of aliphatic imine (C=N–C) groups is 1. The third-order valence-electron chi connectivity index (χ3n) is 3.88. The maximum absolute atomic E-state index is 12.3. The lowest BCUT2D eigenvalue weighted by Crippen LogP contribution is -2.12. The smallest absolute Gasteiger partial charge is 0.270 e. The molecule has 3 rings (SSSR count). The molecule has 0 fully saturated rings. The Morgan fingerprint density at radius 1 is 1.07 bits per heavy atom. The number of nitro benzene ring substituents is 1. The molecule has 0 heterocycles. The minimum absolute atomic E-state index is 0.122. The number of phenols is 1. The second kappa shape index (κ2) is 8.72. The van der Waals surface area contributed by atoms with Gasteiger partial charge in [-0.1, -0.05) is 23.2 Å². The second-order valence-corrected chi connectivity index (χ2v) is 6.73. The number of aromatic hydroxyl groups is 1. The second-order valence-electron chi connectivity index (χ2n) is 5.88. The van der Waals surface area contributed by atoms with Crippen molar-refractivity contribution in [2.24, 2.45) is 4.99 Å². The summed E-state index contributed by atoms with van der Waals surface area (Å²) in [6.07, 6.45) is 1.32. The summed E-state index contributed by atoms with van der Waals surface area (Å²) >= 11 is 11.9. The number of hydrogen-bond acceptors (Lipinski definition) is 5. The molecule has 0 aliphatic carbocycles. The Morgan fingerprint density at radius 2 is 1.79 bits per heavy atom. The Balaban J connectivity index is 1.72. The zero-order valence-corrected chi connectivity index (χ0v) is 16.2. The fourth-order valence-electron chi connectivity index (χ4n) is 2.41. The number of phenolic OH excluding ortho intramolecular Hbond substituents is 1. The van der Waals surface area contributed by atoms with Crippen molar-refractivity contribution in [1.29, 1.82) is 0 Å². The van der Waals surface area contributed by atoms with Crippen molar-refractivity contribution in [3.63, 3.8) is 0 Å². The largest absolute Gasteiger partial charge is 0.507 e. The van der Waals surface area contributed by atoms with Gasteiger partial charge in [0.05, 0.1) is 21.2 Å². The number of amides is 1. The highest BCUT2D eigenvalue weighted by atomic mass is 35.5. The number of halogens is 2. The minimum atomic E-state index is -0.554. The first-order valence-corrected chi connectivity index (χ1v) is 8.97. The highest BCUT2D eigenvalue weighted by Gasteiger charge is 2.11. The number of rotatable bonds is 5. The van der Waals surface area contributed by atoms with E-state index in [0.29, 0.717) is 22.0 Å². The van der Waals surface area contributed by atoms with Gasteiger partial charge in [0.15, 0.2) is 0 Å². The predicted molar refractivity (Wildman–Crippen MR) is 113 cm³/mol. The van der Waals surface area contributed by atoms with Gasteiger partial charge in [0.25, 0.3) is 11.6 Å². The number of nitrogens with zero attached hydrogens (tertiary/aromatic N) is 2. The van der Waals surface area contributed by atoms with Crippen LogP contribution in [-0.2, 0) is 0 Å². The number of carbonyl (C=O) groups excluding carboxylic acids is 1. The van der Waals surface area contributed by atoms with Crippen LogP contribution >= 0.6 is 23.2 Å². The lowest BCUT2D eigenvalue weighted by molar-refractivity contribution is -0.384. The van der Waals surface area contributed by atoms with Crippen LogP contribution in [0.4, 0.5) is 17.1 Å². The zero-order chi connectivity index (χ0) is 21.0. The van der Waals surface area contributed by atoms with Crippen molar-refractivity contribution in [1.82, 2.24) is 0 Å². The first-order valence-electron chi connectivity index (χ1n) is 8.21. The minimum Gasteiger partial charge on any atom is -0.507 e. The summed E-state index contributed by atoms with van der Waals surface area (Å²) in [6, 6.07) is 14.8. The van der Waals surface area contributed by atoms with Gasteiger partial charge in [-0.15, -0.1) is 0 Å². The summed E-state index contributed by atoms with van der Waals surface area (Å²) < 4.78 is 0. The van der Waals surface area contributed by atoms with E-state index in [1.54, 1.807) is 30.3 Å². The van der Waals surface area contributed by atoms with Crippen LogP contribution in [0.3, 0.4) is 0 Å². The zero-order valence-electron chi connectivity index (χ0n) is 14.7. The van der Waals surface area contributed by atoms with E-state index < -0.39 is 4.92 Å². The highest BCUT2D eigenvalue weighted by molar-refractivity contribution is 6.37. The molecule has 3 aromatic carbocycles. The Morgan fingerprint density at radius 3 is 2.45 bits per heavy atom. The van der Waals surface area contributed by atoms with Crippen molar-refractivity contribution in [2.45, 2.75) is 0 Å². The van der Waals surface area contributed by atoms with Gasteiger partial charge in [0, 0.05) is 34.6 Å². The highest BCUT2D eigenvalue weighted by Crippen LogP contribution is 2.24. The van der Waals surface area contributed by atoms with Crippen LogP contribution in [0.5, 0.6) is 5.75 Å². The van der Waals surface area contributed by atoms with Crippen LogP contribution in [0.25, 0.3) is 0 Å². The van der Waals surface area contributed by atoms with Gasteiger partial charge in [-0.2, -0.15) is 0 Å². The molecule has 0 saturated heterocycles. The van der Waals surface area contributed by atoms with Crippen molar-refractivity contribution < 1.29 is 14.8 Å². The third-order valence-corrected chi connectivity index (χ3v) is 4.42. The number of hydrogen-bond donors (Lipinski definition) is 2. The molecule has 0 atom stereocenters. The standard InChI is InChI=1S/C20H13Cl2N3O4/c21-13-1-7-17(18(22)10-13)20(27)24-15-4-2-14(3-5-15)23-11-12-9-16(25(28)29)6-8-19(12)26/h1-11,26H,(H,24,27). The van der Waals surface area contributed by atoms with Crippen LogP contribution in [0.1, 0.15) is 15.9 Å². The van der Waals surface area contributed by atoms with Gasteiger partial charge in [0.2, 0.25) is 0 Å². The van der Waals surface area contributed by atoms with E-state index in [-0.39, 0.29) is 27.9 Å². The van der Waals surface area contributed by atoms with Gasteiger partial charge >= 0.3 is 0 Å². The molecule has 0 radical (unpaired) electrons. The normalized spacial score (nSPS) is 10.8. The molecule has 3 aromatic rings. The van der Waals surface area contributed by atoms with Gasteiger partial charge in [-0.3, -0.25) is 19.9 Å². The van der Waals surface area contributed by atoms with Crippen LogP contribution < -0.4 is 5.32 Å². The lowest BCUT2D eigenvalue weighted by Gasteiger charge is -2.07. The summed E-state index contributed by atoms with van der Waals surface area (Å²) in [5, 5.41) is 24.0. The fraction of sp³-hybridized carbons (Fsp3) is 0. The number of nitro groups is 1. The molecule has 0 aromatic heterocycles. The topological polar surface area (TPSA) is 105 Å². The van der Waals surface area contributed by atoms with Gasteiger partial charge < -0.3 is 10.4 Å². The van der Waals surface area contributed by atoms with Crippen LogP contribution in [0.15, 0.2) is 65.7 Å². The summed E-state index contributed by atoms with van der Waals surface area (Å²) in [6.45, 7) is 0. The molecule has 0 unspecified atom stereocenters. The van der Waals surface area contributed by atoms with Crippen LogP contribution in [0.2, 0.25) is 10.0 Å². The van der Waals surface area contributed by atoms with E-state index in [1.165, 1.54) is 36.5 Å². The van der Waals surface area contributed by atoms with Crippen molar-refractivity contribution in [2.75, 3.05) is 5.32 Å². The number of non-ortho nitro benzene ring substituents is 1. The van der Waals surface area contributed by atoms with Gasteiger partial charge in [-0.25, -0.2) is 0 Å². The maximum atomic E-state index is 12.3. The Hall–Kier alpha value is -3.42. The maximum Gasteiger partial charge on any atom is 0.270 e. The van der Waals surface area contributed by atoms with Crippen LogP contribution in [0, 0.1) is 10.1 Å². The molecule has 0 aliphatic rings. The molecule has 2 N–H and O–H groups in total. The molecule has 0 bridgehead atoms. The summed E-state index contributed by atoms with van der Waals surface area (Å²) in [5.41, 5.74) is 1.41. The first kappa shape index (κ1) is 20.3. The van der Waals surface area contributed by atoms with E-state index in [2.05, 4.69) is 10.3 Å². The number of nitrogens with one attached hydrogen (secondary N) is 1. The van der Waals surface area contributed by atoms with E-state index in [9.17, 15) is 20.0 Å². The van der Waals surface area contributed by atoms with Crippen molar-refractivity contribution in [3.05, 3.63) is 92.0 Å². The monoisotopic (exact) mass is 429 g/mol. The molecular formula is C20H13Cl2N3O4. The number of benzene rings is 3. The SMILES string of the molecule is O=C(Nc1ccc(N=Cc2cc([N+](=O)[O-])ccc2O)cc1)c1ccc(Cl)cc1Cl. The van der Waals surface area contributed by atoms with Crippen molar-refractivity contribution in [3.8, 4) is 5.75 Å². The summed E-state index contributed by atoms with van der Waals surface area (Å²) in [4.78, 5) is 26.8. The predicted octanol–water partition coefficient (Wildman–Crippen LogP) is 5.61. The van der Waals surface area contributed by atoms with Crippen LogP contribution in [-0.4, -0.2) is 22.2 Å². The number of anilines is 1. The van der Waals surface area contributed by atoms with E-state index in [4.69, 9.17) is 23.2 Å². The van der Waals surface area contributed by atoms with E-state index in [1.807, 2.05) is 0 Å². The van der Waals surface area contributed by atoms with E-state index >= 15 is 0 Å². The average molecular weight is 430 g/mol. The van der Waals surface area contributed by atoms with Crippen molar-refractivity contribution >= 4 is 52.4 Å². The Bertz CT molecular complexity index is 1120. The molecule has 9 heteroatoms. The molecular weight excluding hydrogens is 417 g/mol. The first-order chi connectivity index (χ1) is 13.8.